The van der Waals surface area contributed by atoms with Crippen LogP contribution in [0.25, 0.3) is 0 Å². The predicted octanol–water partition coefficient (Wildman–Crippen LogP) is 10.1. The van der Waals surface area contributed by atoms with Crippen molar-refractivity contribution in [1.82, 2.24) is 0 Å². The van der Waals surface area contributed by atoms with Gasteiger partial charge in [0, 0.05) is 12.6 Å². The Morgan fingerprint density at radius 1 is 0.571 bits per heavy atom. The van der Waals surface area contributed by atoms with E-state index < -0.39 is 0 Å². The molecule has 2 nitrogen and oxygen atoms in total. The first-order chi connectivity index (χ1) is 16.7. The lowest BCUT2D eigenvalue weighted by molar-refractivity contribution is 0.834. The fourth-order valence-corrected chi connectivity index (χ4v) is 4.52. The van der Waals surface area contributed by atoms with Gasteiger partial charge in [0.15, 0.2) is 0 Å². The highest BCUT2D eigenvalue weighted by Crippen LogP contribution is 2.36. The van der Waals surface area contributed by atoms with E-state index in [2.05, 4.69) is 128 Å². The van der Waals surface area contributed by atoms with Gasteiger partial charge in [0.2, 0.25) is 0 Å². The van der Waals surface area contributed by atoms with Crippen LogP contribution in [0.3, 0.4) is 0 Å². The minimum Gasteiger partial charge on any atom is -0.260 e. The number of nitrogens with zero attached hydrogens (tertiary/aromatic N) is 2. The largest absolute Gasteiger partial charge is 0.260 e. The van der Waals surface area contributed by atoms with Crippen LogP contribution < -0.4 is 0 Å². The molecule has 0 saturated carbocycles. The molecule has 3 rings (SSSR count). The van der Waals surface area contributed by atoms with E-state index in [1.165, 1.54) is 22.3 Å². The zero-order valence-corrected chi connectivity index (χ0v) is 22.8. The normalized spacial score (nSPS) is 12.6. The van der Waals surface area contributed by atoms with E-state index in [0.717, 1.165) is 22.6 Å². The Hall–Kier alpha value is -3.00. The molecular formula is C33H42N2. The van der Waals surface area contributed by atoms with Gasteiger partial charge in [-0.3, -0.25) is 9.98 Å². The molecule has 0 spiro atoms. The molecule has 0 radical (unpaired) electrons. The van der Waals surface area contributed by atoms with E-state index >= 15 is 0 Å². The summed E-state index contributed by atoms with van der Waals surface area (Å²) in [5.74, 6) is 1.67. The lowest BCUT2D eigenvalue weighted by Gasteiger charge is -2.18. The number of benzene rings is 3. The van der Waals surface area contributed by atoms with E-state index in [1.807, 2.05) is 0 Å². The van der Waals surface area contributed by atoms with Gasteiger partial charge in [-0.15, -0.1) is 0 Å². The van der Waals surface area contributed by atoms with Crippen molar-refractivity contribution in [3.8, 4) is 0 Å². The number of aliphatic imine (C=N–C) groups is 2. The first kappa shape index (κ1) is 26.6. The smallest absolute Gasteiger partial charge is 0.0702 e. The Balaban J connectivity index is 2.11. The molecule has 184 valence electrons. The summed E-state index contributed by atoms with van der Waals surface area (Å²) in [6, 6.07) is 23.7. The van der Waals surface area contributed by atoms with E-state index in [4.69, 9.17) is 9.98 Å². The topological polar surface area (TPSA) is 24.7 Å². The molecule has 0 heterocycles. The standard InChI is InChI=1S/C33H42N2/c1-22(2)27-16-12-17-28(23(3)4)32(27)34-21-20-31(26-14-10-9-11-15-26)35-33-29(24(5)6)18-13-19-30(33)25(7)8/h9-19,21-25H,20H2,1-8H3. The maximum absolute atomic E-state index is 5.34. The van der Waals surface area contributed by atoms with Crippen LogP contribution in [0.15, 0.2) is 76.7 Å². The Kier molecular flexibility index (Phi) is 9.20. The van der Waals surface area contributed by atoms with Crippen molar-refractivity contribution in [3.05, 3.63) is 94.5 Å². The van der Waals surface area contributed by atoms with Crippen molar-refractivity contribution in [2.45, 2.75) is 85.5 Å². The zero-order valence-electron chi connectivity index (χ0n) is 22.8. The average Bonchev–Trinajstić information content (AvgIpc) is 2.83. The van der Waals surface area contributed by atoms with E-state index in [1.54, 1.807) is 0 Å². The highest BCUT2D eigenvalue weighted by atomic mass is 14.8. The lowest BCUT2D eigenvalue weighted by atomic mass is 9.92. The first-order valence-electron chi connectivity index (χ1n) is 13.1. The summed E-state index contributed by atoms with van der Waals surface area (Å²) in [4.78, 5) is 10.4. The van der Waals surface area contributed by atoms with Crippen molar-refractivity contribution in [2.75, 3.05) is 0 Å². The minimum absolute atomic E-state index is 0.407. The first-order valence-corrected chi connectivity index (χ1v) is 13.1. The van der Waals surface area contributed by atoms with Gasteiger partial charge < -0.3 is 0 Å². The molecule has 2 heteroatoms. The van der Waals surface area contributed by atoms with Crippen LogP contribution in [0.4, 0.5) is 11.4 Å². The Labute approximate surface area is 213 Å². The van der Waals surface area contributed by atoms with Crippen LogP contribution in [0.5, 0.6) is 0 Å². The molecule has 0 N–H and O–H groups in total. The molecular weight excluding hydrogens is 424 g/mol. The Bertz CT molecular complexity index is 1110. The molecule has 0 atom stereocenters. The summed E-state index contributed by atoms with van der Waals surface area (Å²) in [5, 5.41) is 0. The summed E-state index contributed by atoms with van der Waals surface area (Å²) in [5.41, 5.74) is 9.65. The number of para-hydroxylation sites is 2. The fraction of sp³-hybridized carbons (Fsp3) is 0.394. The van der Waals surface area contributed by atoms with E-state index in [-0.39, 0.29) is 0 Å². The van der Waals surface area contributed by atoms with Crippen molar-refractivity contribution >= 4 is 23.3 Å². The van der Waals surface area contributed by atoms with Crippen molar-refractivity contribution in [2.24, 2.45) is 9.98 Å². The van der Waals surface area contributed by atoms with Crippen LogP contribution in [-0.2, 0) is 0 Å². The second-order valence-corrected chi connectivity index (χ2v) is 10.6. The molecule has 3 aromatic rings. The van der Waals surface area contributed by atoms with Gasteiger partial charge in [-0.25, -0.2) is 0 Å². The molecule has 0 fully saturated rings. The highest BCUT2D eigenvalue weighted by molar-refractivity contribution is 6.09. The fourth-order valence-electron chi connectivity index (χ4n) is 4.52. The van der Waals surface area contributed by atoms with Gasteiger partial charge in [-0.05, 0) is 51.5 Å². The molecule has 0 bridgehead atoms. The van der Waals surface area contributed by atoms with Crippen molar-refractivity contribution in [1.29, 1.82) is 0 Å². The third kappa shape index (κ3) is 6.57. The number of hydrogen-bond donors (Lipinski definition) is 0. The molecule has 3 aromatic carbocycles. The molecule has 0 amide bonds. The summed E-state index contributed by atoms with van der Waals surface area (Å²) >= 11 is 0. The molecule has 35 heavy (non-hydrogen) atoms. The molecule has 0 aliphatic heterocycles. The van der Waals surface area contributed by atoms with Gasteiger partial charge in [0.05, 0.1) is 17.1 Å². The van der Waals surface area contributed by atoms with Gasteiger partial charge >= 0.3 is 0 Å². The maximum atomic E-state index is 5.34. The summed E-state index contributed by atoms with van der Waals surface area (Å²) in [7, 11) is 0. The summed E-state index contributed by atoms with van der Waals surface area (Å²) in [6.07, 6.45) is 2.74. The predicted molar refractivity (Wildman–Crippen MR) is 155 cm³/mol. The quantitative estimate of drug-likeness (QED) is 0.280. The molecule has 0 aromatic heterocycles. The lowest BCUT2D eigenvalue weighted by Crippen LogP contribution is -2.04. The minimum atomic E-state index is 0.407. The van der Waals surface area contributed by atoms with Crippen molar-refractivity contribution < 1.29 is 0 Å². The molecule has 0 aliphatic rings. The van der Waals surface area contributed by atoms with Crippen molar-refractivity contribution in [3.63, 3.8) is 0 Å². The van der Waals surface area contributed by atoms with E-state index in [0.29, 0.717) is 30.1 Å². The van der Waals surface area contributed by atoms with E-state index in [9.17, 15) is 0 Å². The third-order valence-electron chi connectivity index (χ3n) is 6.54. The number of rotatable bonds is 9. The van der Waals surface area contributed by atoms with Gasteiger partial charge in [0.25, 0.3) is 0 Å². The molecule has 0 aliphatic carbocycles. The van der Waals surface area contributed by atoms with Crippen LogP contribution in [-0.4, -0.2) is 11.9 Å². The van der Waals surface area contributed by atoms with Crippen LogP contribution in [0, 0.1) is 0 Å². The SMILES string of the molecule is CC(C)c1cccc(C(C)C)c1N=CCC(=Nc1c(C(C)C)cccc1C(C)C)c1ccccc1. The van der Waals surface area contributed by atoms with Gasteiger partial charge in [-0.1, -0.05) is 122 Å². The monoisotopic (exact) mass is 466 g/mol. The highest BCUT2D eigenvalue weighted by Gasteiger charge is 2.16. The zero-order chi connectivity index (χ0) is 25.5. The van der Waals surface area contributed by atoms with Gasteiger partial charge in [0.1, 0.15) is 0 Å². The average molecular weight is 467 g/mol. The van der Waals surface area contributed by atoms with Crippen LogP contribution >= 0.6 is 0 Å². The third-order valence-corrected chi connectivity index (χ3v) is 6.54. The molecule has 0 saturated heterocycles. The second-order valence-electron chi connectivity index (χ2n) is 10.6. The Morgan fingerprint density at radius 2 is 1.00 bits per heavy atom. The number of hydrogen-bond acceptors (Lipinski definition) is 2. The summed E-state index contributed by atoms with van der Waals surface area (Å²) in [6.45, 7) is 18.0. The second kappa shape index (κ2) is 12.1. The van der Waals surface area contributed by atoms with Gasteiger partial charge in [-0.2, -0.15) is 0 Å². The summed E-state index contributed by atoms with van der Waals surface area (Å²) < 4.78 is 0. The van der Waals surface area contributed by atoms with Crippen LogP contribution in [0.1, 0.15) is 113 Å². The Morgan fingerprint density at radius 3 is 1.43 bits per heavy atom. The van der Waals surface area contributed by atoms with Crippen LogP contribution in [0.2, 0.25) is 0 Å². The molecule has 0 unspecified atom stereocenters. The maximum Gasteiger partial charge on any atom is 0.0702 e.